The van der Waals surface area contributed by atoms with E-state index in [1.807, 2.05) is 6.07 Å². The molecule has 0 saturated heterocycles. The second-order valence-electron chi connectivity index (χ2n) is 2.31. The summed E-state index contributed by atoms with van der Waals surface area (Å²) in [6.45, 7) is 0. The molecule has 70 valence electrons. The van der Waals surface area contributed by atoms with E-state index in [2.05, 4.69) is 9.99 Å². The van der Waals surface area contributed by atoms with Crippen molar-refractivity contribution >= 4 is 17.8 Å². The van der Waals surface area contributed by atoms with Gasteiger partial charge in [-0.05, 0) is 23.8 Å². The van der Waals surface area contributed by atoms with Gasteiger partial charge in [0.1, 0.15) is 12.9 Å². The van der Waals surface area contributed by atoms with Gasteiger partial charge in [-0.15, -0.1) is 0 Å². The third kappa shape index (κ3) is 2.63. The number of oxime groups is 1. The molecule has 0 spiro atoms. The van der Waals surface area contributed by atoms with Crippen LogP contribution < -0.4 is 4.74 Å². The molecule has 1 rings (SSSR count). The molecule has 3 nitrogen and oxygen atoms in total. The third-order valence-corrected chi connectivity index (χ3v) is 1.78. The van der Waals surface area contributed by atoms with Gasteiger partial charge in [0.15, 0.2) is 0 Å². The maximum Gasteiger partial charge on any atom is 0.137 e. The summed E-state index contributed by atoms with van der Waals surface area (Å²) in [7, 11) is 3.06. The van der Waals surface area contributed by atoms with Crippen LogP contribution in [0.4, 0.5) is 0 Å². The van der Waals surface area contributed by atoms with E-state index in [0.717, 1.165) is 5.56 Å². The standard InChI is InChI=1S/C9H10ClNO2/c1-12-9-4-3-7(5-8(9)10)6-11-13-2/h3-6H,1-2H3/b11-6-. The van der Waals surface area contributed by atoms with E-state index in [1.165, 1.54) is 7.11 Å². The summed E-state index contributed by atoms with van der Waals surface area (Å²) in [6.07, 6.45) is 1.57. The first-order chi connectivity index (χ1) is 6.27. The van der Waals surface area contributed by atoms with Crippen LogP contribution in [0.5, 0.6) is 5.75 Å². The molecule has 0 amide bonds. The summed E-state index contributed by atoms with van der Waals surface area (Å²) in [4.78, 5) is 4.54. The van der Waals surface area contributed by atoms with Crippen LogP contribution in [0.15, 0.2) is 23.4 Å². The molecular weight excluding hydrogens is 190 g/mol. The fourth-order valence-electron chi connectivity index (χ4n) is 0.876. The van der Waals surface area contributed by atoms with E-state index in [-0.39, 0.29) is 0 Å². The Morgan fingerprint density at radius 3 is 2.69 bits per heavy atom. The second-order valence-corrected chi connectivity index (χ2v) is 2.72. The fourth-order valence-corrected chi connectivity index (χ4v) is 1.14. The van der Waals surface area contributed by atoms with Gasteiger partial charge in [-0.2, -0.15) is 0 Å². The van der Waals surface area contributed by atoms with Gasteiger partial charge in [0.2, 0.25) is 0 Å². The lowest BCUT2D eigenvalue weighted by molar-refractivity contribution is 0.215. The zero-order valence-corrected chi connectivity index (χ0v) is 8.21. The molecule has 13 heavy (non-hydrogen) atoms. The van der Waals surface area contributed by atoms with Crippen molar-refractivity contribution in [1.82, 2.24) is 0 Å². The Kier molecular flexibility index (Phi) is 3.58. The highest BCUT2D eigenvalue weighted by Crippen LogP contribution is 2.24. The van der Waals surface area contributed by atoms with Crippen molar-refractivity contribution in [2.24, 2.45) is 5.16 Å². The zero-order valence-electron chi connectivity index (χ0n) is 7.45. The van der Waals surface area contributed by atoms with E-state index in [1.54, 1.807) is 25.5 Å². The molecule has 0 bridgehead atoms. The minimum Gasteiger partial charge on any atom is -0.495 e. The van der Waals surface area contributed by atoms with Gasteiger partial charge < -0.3 is 9.57 Å². The number of hydrogen-bond donors (Lipinski definition) is 0. The van der Waals surface area contributed by atoms with Crippen LogP contribution in [0.2, 0.25) is 5.02 Å². The molecule has 0 fully saturated rings. The van der Waals surface area contributed by atoms with Crippen LogP contribution in [0.3, 0.4) is 0 Å². The Bertz CT molecular complexity index is 312. The molecule has 0 heterocycles. The summed E-state index contributed by atoms with van der Waals surface area (Å²) >= 11 is 5.88. The molecule has 1 aromatic carbocycles. The first kappa shape index (κ1) is 9.86. The number of hydrogen-bond acceptors (Lipinski definition) is 3. The molecule has 4 heteroatoms. The summed E-state index contributed by atoms with van der Waals surface area (Å²) in [6, 6.07) is 5.37. The number of nitrogens with zero attached hydrogens (tertiary/aromatic N) is 1. The van der Waals surface area contributed by atoms with Crippen LogP contribution in [0, 0.1) is 0 Å². The van der Waals surface area contributed by atoms with E-state index < -0.39 is 0 Å². The molecular formula is C9H10ClNO2. The Morgan fingerprint density at radius 2 is 2.15 bits per heavy atom. The fraction of sp³-hybridized carbons (Fsp3) is 0.222. The molecule has 0 atom stereocenters. The second kappa shape index (κ2) is 4.72. The average Bonchev–Trinajstić information content (AvgIpc) is 2.15. The van der Waals surface area contributed by atoms with Crippen molar-refractivity contribution in [2.75, 3.05) is 14.2 Å². The molecule has 0 unspecified atom stereocenters. The van der Waals surface area contributed by atoms with Gasteiger partial charge >= 0.3 is 0 Å². The summed E-state index contributed by atoms with van der Waals surface area (Å²) in [5.74, 6) is 0.649. The van der Waals surface area contributed by atoms with E-state index in [0.29, 0.717) is 10.8 Å². The SMILES string of the molecule is CO/N=C\c1ccc(OC)c(Cl)c1. The molecule has 0 N–H and O–H groups in total. The quantitative estimate of drug-likeness (QED) is 0.553. The van der Waals surface area contributed by atoms with Crippen molar-refractivity contribution in [3.8, 4) is 5.75 Å². The first-order valence-corrected chi connectivity index (χ1v) is 4.06. The lowest BCUT2D eigenvalue weighted by Crippen LogP contribution is -1.86. The highest BCUT2D eigenvalue weighted by molar-refractivity contribution is 6.32. The maximum absolute atomic E-state index is 5.88. The molecule has 0 aromatic heterocycles. The van der Waals surface area contributed by atoms with Crippen molar-refractivity contribution in [3.63, 3.8) is 0 Å². The van der Waals surface area contributed by atoms with Gasteiger partial charge in [-0.1, -0.05) is 16.8 Å². The van der Waals surface area contributed by atoms with Crippen molar-refractivity contribution < 1.29 is 9.57 Å². The van der Waals surface area contributed by atoms with Gasteiger partial charge in [-0.3, -0.25) is 0 Å². The Morgan fingerprint density at radius 1 is 1.38 bits per heavy atom. The predicted molar refractivity (Wildman–Crippen MR) is 52.6 cm³/mol. The molecule has 0 radical (unpaired) electrons. The number of ether oxygens (including phenoxy) is 1. The van der Waals surface area contributed by atoms with Crippen molar-refractivity contribution in [1.29, 1.82) is 0 Å². The highest BCUT2D eigenvalue weighted by Gasteiger charge is 1.99. The van der Waals surface area contributed by atoms with E-state index in [9.17, 15) is 0 Å². The van der Waals surface area contributed by atoms with E-state index in [4.69, 9.17) is 16.3 Å². The largest absolute Gasteiger partial charge is 0.495 e. The van der Waals surface area contributed by atoms with Crippen LogP contribution in [-0.4, -0.2) is 20.4 Å². The Balaban J connectivity index is 2.89. The van der Waals surface area contributed by atoms with Crippen LogP contribution in [0.1, 0.15) is 5.56 Å². The minimum absolute atomic E-state index is 0.558. The third-order valence-electron chi connectivity index (χ3n) is 1.48. The Labute approximate surface area is 81.9 Å². The zero-order chi connectivity index (χ0) is 9.68. The normalized spacial score (nSPS) is 10.4. The van der Waals surface area contributed by atoms with Crippen LogP contribution in [0.25, 0.3) is 0 Å². The monoisotopic (exact) mass is 199 g/mol. The minimum atomic E-state index is 0.558. The number of methoxy groups -OCH3 is 1. The number of halogens is 1. The lowest BCUT2D eigenvalue weighted by atomic mass is 10.2. The summed E-state index contributed by atoms with van der Waals surface area (Å²) in [5.41, 5.74) is 0.868. The Hall–Kier alpha value is -1.22. The number of benzene rings is 1. The first-order valence-electron chi connectivity index (χ1n) is 3.68. The predicted octanol–water partition coefficient (Wildman–Crippen LogP) is 2.33. The van der Waals surface area contributed by atoms with Crippen molar-refractivity contribution in [3.05, 3.63) is 28.8 Å². The number of rotatable bonds is 3. The summed E-state index contributed by atoms with van der Waals surface area (Å²) in [5, 5.41) is 4.17. The molecule has 0 aliphatic carbocycles. The van der Waals surface area contributed by atoms with Crippen LogP contribution in [-0.2, 0) is 4.84 Å². The average molecular weight is 200 g/mol. The van der Waals surface area contributed by atoms with Gasteiger partial charge in [0, 0.05) is 0 Å². The van der Waals surface area contributed by atoms with Crippen LogP contribution >= 0.6 is 11.6 Å². The van der Waals surface area contributed by atoms with Crippen molar-refractivity contribution in [2.45, 2.75) is 0 Å². The lowest BCUT2D eigenvalue weighted by Gasteiger charge is -2.02. The smallest absolute Gasteiger partial charge is 0.137 e. The maximum atomic E-state index is 5.88. The van der Waals surface area contributed by atoms with Gasteiger partial charge in [-0.25, -0.2) is 0 Å². The molecule has 0 aliphatic rings. The van der Waals surface area contributed by atoms with Gasteiger partial charge in [0.05, 0.1) is 18.3 Å². The molecule has 0 saturated carbocycles. The summed E-state index contributed by atoms with van der Waals surface area (Å²) < 4.78 is 5.00. The molecule has 1 aromatic rings. The highest BCUT2D eigenvalue weighted by atomic mass is 35.5. The van der Waals surface area contributed by atoms with Gasteiger partial charge in [0.25, 0.3) is 0 Å². The topological polar surface area (TPSA) is 30.8 Å². The molecule has 0 aliphatic heterocycles. The van der Waals surface area contributed by atoms with E-state index >= 15 is 0 Å².